The Labute approximate surface area is 282 Å². The normalized spacial score (nSPS) is 17.1. The third kappa shape index (κ3) is 5.59. The zero-order valence-electron chi connectivity index (χ0n) is 27.5. The van der Waals surface area contributed by atoms with E-state index in [1.807, 2.05) is 46.2 Å². The Balaban J connectivity index is 1.33. The number of benzene rings is 4. The number of halogens is 1. The Morgan fingerprint density at radius 2 is 1.57 bits per heavy atom. The molecule has 240 valence electrons. The average Bonchev–Trinajstić information content (AvgIpc) is 3.53. The Morgan fingerprint density at radius 3 is 2.30 bits per heavy atom. The van der Waals surface area contributed by atoms with Crippen molar-refractivity contribution in [2.75, 3.05) is 31.1 Å². The van der Waals surface area contributed by atoms with Gasteiger partial charge in [-0.1, -0.05) is 97.7 Å². The van der Waals surface area contributed by atoms with E-state index < -0.39 is 12.1 Å². The van der Waals surface area contributed by atoms with Crippen molar-refractivity contribution >= 4 is 40.0 Å². The number of hydrogen-bond acceptors (Lipinski definition) is 3. The zero-order chi connectivity index (χ0) is 32.8. The highest BCUT2D eigenvalue weighted by atomic mass is 35.5. The molecule has 0 aliphatic carbocycles. The van der Waals surface area contributed by atoms with Crippen molar-refractivity contribution in [2.24, 2.45) is 13.0 Å². The number of nitrogens with zero attached hydrogens (tertiary/aromatic N) is 4. The number of carbonyl (C=O) groups excluding carboxylic acids is 2. The lowest BCUT2D eigenvalue weighted by Gasteiger charge is -2.41. The summed E-state index contributed by atoms with van der Waals surface area (Å²) in [6, 6.07) is 31.8. The standard InChI is InChI=1S/C40H41ClN4O2/c1-26(2)24-35(40(47)44-22-20-43(21-23-44)30-11-9-10-29(41)25-30)45-38(31-12-5-6-13-32(31)39(45)46)36-33-14-7-8-15-34(33)42(4)37(36)28-18-16-27(3)17-19-28/h5-19,25-26,35,38H,20-24H2,1-4H3. The van der Waals surface area contributed by atoms with Crippen molar-refractivity contribution in [3.8, 4) is 11.3 Å². The molecular formula is C40H41ClN4O2. The molecule has 7 rings (SSSR count). The van der Waals surface area contributed by atoms with Crippen molar-refractivity contribution in [3.05, 3.63) is 124 Å². The number of para-hydroxylation sites is 1. The predicted octanol–water partition coefficient (Wildman–Crippen LogP) is 8.12. The van der Waals surface area contributed by atoms with Gasteiger partial charge in [0.25, 0.3) is 5.91 Å². The van der Waals surface area contributed by atoms with Gasteiger partial charge in [0.2, 0.25) is 5.91 Å². The minimum absolute atomic E-state index is 0.0210. The third-order valence-electron chi connectivity index (χ3n) is 9.82. The van der Waals surface area contributed by atoms with Crippen LogP contribution in [0.5, 0.6) is 0 Å². The van der Waals surface area contributed by atoms with E-state index in [0.717, 1.165) is 39.0 Å². The van der Waals surface area contributed by atoms with Gasteiger partial charge in [-0.15, -0.1) is 0 Å². The molecule has 2 unspecified atom stereocenters. The molecule has 2 amide bonds. The maximum absolute atomic E-state index is 14.7. The van der Waals surface area contributed by atoms with E-state index >= 15 is 0 Å². The largest absolute Gasteiger partial charge is 0.368 e. The van der Waals surface area contributed by atoms with Crippen molar-refractivity contribution in [2.45, 2.75) is 39.3 Å². The Bertz CT molecular complexity index is 1960. The number of anilines is 1. The fourth-order valence-electron chi connectivity index (χ4n) is 7.56. The number of rotatable bonds is 7. The van der Waals surface area contributed by atoms with Gasteiger partial charge in [-0.2, -0.15) is 0 Å². The van der Waals surface area contributed by atoms with Gasteiger partial charge >= 0.3 is 0 Å². The van der Waals surface area contributed by atoms with Gasteiger partial charge < -0.3 is 19.3 Å². The maximum Gasteiger partial charge on any atom is 0.255 e. The number of aromatic nitrogens is 1. The smallest absolute Gasteiger partial charge is 0.255 e. The maximum atomic E-state index is 14.7. The molecule has 2 aliphatic rings. The van der Waals surface area contributed by atoms with Crippen LogP contribution in [-0.4, -0.2) is 58.4 Å². The summed E-state index contributed by atoms with van der Waals surface area (Å²) >= 11 is 6.29. The summed E-state index contributed by atoms with van der Waals surface area (Å²) in [5, 5.41) is 1.80. The summed E-state index contributed by atoms with van der Waals surface area (Å²) in [5.41, 5.74) is 8.20. The molecule has 0 bridgehead atoms. The molecule has 6 nitrogen and oxygen atoms in total. The van der Waals surface area contributed by atoms with E-state index in [-0.39, 0.29) is 17.7 Å². The van der Waals surface area contributed by atoms with E-state index in [2.05, 4.69) is 97.9 Å². The van der Waals surface area contributed by atoms with Crippen molar-refractivity contribution < 1.29 is 9.59 Å². The lowest BCUT2D eigenvalue weighted by atomic mass is 9.91. The minimum atomic E-state index is -0.609. The van der Waals surface area contributed by atoms with Gasteiger partial charge in [0.15, 0.2) is 0 Å². The first-order chi connectivity index (χ1) is 22.7. The lowest BCUT2D eigenvalue weighted by Crippen LogP contribution is -2.56. The first-order valence-electron chi connectivity index (χ1n) is 16.6. The zero-order valence-corrected chi connectivity index (χ0v) is 28.2. The molecule has 1 saturated heterocycles. The molecule has 0 spiro atoms. The van der Waals surface area contributed by atoms with Crippen LogP contribution in [0.3, 0.4) is 0 Å². The summed E-state index contributed by atoms with van der Waals surface area (Å²) in [6.45, 7) is 8.95. The van der Waals surface area contributed by atoms with Gasteiger partial charge in [-0.3, -0.25) is 9.59 Å². The van der Waals surface area contributed by atoms with Crippen molar-refractivity contribution in [1.82, 2.24) is 14.4 Å². The summed E-state index contributed by atoms with van der Waals surface area (Å²) in [6.07, 6.45) is 0.578. The molecule has 1 aromatic heterocycles. The van der Waals surface area contributed by atoms with Crippen LogP contribution in [0.4, 0.5) is 5.69 Å². The van der Waals surface area contributed by atoms with E-state index in [1.54, 1.807) is 0 Å². The van der Waals surface area contributed by atoms with Crippen LogP contribution in [0.2, 0.25) is 5.02 Å². The second-order valence-corrected chi connectivity index (χ2v) is 13.8. The van der Waals surface area contributed by atoms with Crippen molar-refractivity contribution in [3.63, 3.8) is 0 Å². The van der Waals surface area contributed by atoms with E-state index in [0.29, 0.717) is 43.2 Å². The molecule has 5 aromatic rings. The summed E-state index contributed by atoms with van der Waals surface area (Å²) < 4.78 is 2.24. The SMILES string of the molecule is Cc1ccc(-c2c(C3c4ccccc4C(=O)N3C(CC(C)C)C(=O)N3CCN(c4cccc(Cl)c4)CC3)c3ccccc3n2C)cc1. The molecule has 0 radical (unpaired) electrons. The quantitative estimate of drug-likeness (QED) is 0.180. The number of piperazine rings is 1. The highest BCUT2D eigenvalue weighted by molar-refractivity contribution is 6.30. The van der Waals surface area contributed by atoms with Gasteiger partial charge in [-0.05, 0) is 60.7 Å². The summed E-state index contributed by atoms with van der Waals surface area (Å²) in [5.74, 6) is 0.149. The second-order valence-electron chi connectivity index (χ2n) is 13.3. The minimum Gasteiger partial charge on any atom is -0.368 e. The summed E-state index contributed by atoms with van der Waals surface area (Å²) in [4.78, 5) is 35.5. The highest BCUT2D eigenvalue weighted by Crippen LogP contribution is 2.48. The van der Waals surface area contributed by atoms with Crippen LogP contribution in [-0.2, 0) is 11.8 Å². The van der Waals surface area contributed by atoms with Crippen LogP contribution in [0.15, 0.2) is 97.1 Å². The number of amides is 2. The molecular weight excluding hydrogens is 604 g/mol. The van der Waals surface area contributed by atoms with E-state index in [1.165, 1.54) is 5.56 Å². The van der Waals surface area contributed by atoms with Crippen LogP contribution in [0, 0.1) is 12.8 Å². The number of fused-ring (bicyclic) bond motifs is 2. The summed E-state index contributed by atoms with van der Waals surface area (Å²) in [7, 11) is 2.10. The van der Waals surface area contributed by atoms with Gasteiger partial charge in [0.1, 0.15) is 6.04 Å². The molecule has 1 fully saturated rings. The Morgan fingerprint density at radius 1 is 0.872 bits per heavy atom. The number of hydrogen-bond donors (Lipinski definition) is 0. The Hall–Kier alpha value is -4.55. The van der Waals surface area contributed by atoms with E-state index in [9.17, 15) is 9.59 Å². The predicted molar refractivity (Wildman–Crippen MR) is 191 cm³/mol. The fourth-order valence-corrected chi connectivity index (χ4v) is 7.75. The van der Waals surface area contributed by atoms with Crippen LogP contribution in [0.25, 0.3) is 22.2 Å². The lowest BCUT2D eigenvalue weighted by molar-refractivity contribution is -0.137. The molecule has 7 heteroatoms. The molecule has 2 atom stereocenters. The first kappa shape index (κ1) is 31.1. The third-order valence-corrected chi connectivity index (χ3v) is 10.1. The second kappa shape index (κ2) is 12.6. The van der Waals surface area contributed by atoms with Crippen LogP contribution in [0.1, 0.15) is 53.4 Å². The van der Waals surface area contributed by atoms with Gasteiger partial charge in [0, 0.05) is 66.0 Å². The fraction of sp³-hybridized carbons (Fsp3) is 0.300. The van der Waals surface area contributed by atoms with Gasteiger partial charge in [-0.25, -0.2) is 0 Å². The average molecular weight is 645 g/mol. The molecule has 0 saturated carbocycles. The van der Waals surface area contributed by atoms with E-state index in [4.69, 9.17) is 11.6 Å². The topological polar surface area (TPSA) is 48.8 Å². The molecule has 4 aromatic carbocycles. The first-order valence-corrected chi connectivity index (χ1v) is 17.0. The van der Waals surface area contributed by atoms with Gasteiger partial charge in [0.05, 0.1) is 11.7 Å². The Kier molecular flexibility index (Phi) is 8.31. The number of carbonyl (C=O) groups is 2. The number of aryl methyl sites for hydroxylation is 2. The monoisotopic (exact) mass is 644 g/mol. The molecule has 2 aliphatic heterocycles. The van der Waals surface area contributed by atoms with Crippen LogP contribution >= 0.6 is 11.6 Å². The van der Waals surface area contributed by atoms with Crippen LogP contribution < -0.4 is 4.90 Å². The highest BCUT2D eigenvalue weighted by Gasteiger charge is 2.47. The molecule has 47 heavy (non-hydrogen) atoms. The molecule has 3 heterocycles. The van der Waals surface area contributed by atoms with Crippen molar-refractivity contribution in [1.29, 1.82) is 0 Å². The molecule has 0 N–H and O–H groups in total.